The average molecular weight is 417 g/mol. The first kappa shape index (κ1) is 20.2. The van der Waals surface area contributed by atoms with Crippen LogP contribution in [0.25, 0.3) is 5.76 Å². The predicted octanol–water partition coefficient (Wildman–Crippen LogP) is 3.14. The van der Waals surface area contributed by atoms with Crippen molar-refractivity contribution in [1.29, 1.82) is 0 Å². The van der Waals surface area contributed by atoms with Crippen molar-refractivity contribution in [2.75, 3.05) is 19.1 Å². The van der Waals surface area contributed by atoms with Gasteiger partial charge in [-0.25, -0.2) is 9.78 Å². The lowest BCUT2D eigenvalue weighted by molar-refractivity contribution is -0.363. The Morgan fingerprint density at radius 2 is 1.65 bits per heavy atom. The number of nitrogens with zero attached hydrogens (tertiary/aromatic N) is 1. The molecule has 0 aliphatic carbocycles. The molecule has 0 bridgehead atoms. The number of benzene rings is 2. The van der Waals surface area contributed by atoms with Crippen LogP contribution < -0.4 is 19.4 Å². The average Bonchev–Trinajstić information content (AvgIpc) is 3.09. The Balaban J connectivity index is 1.96. The van der Waals surface area contributed by atoms with Crippen LogP contribution in [0.15, 0.2) is 78.5 Å². The number of hydrogen-bond donors (Lipinski definition) is 1. The van der Waals surface area contributed by atoms with Gasteiger partial charge in [-0.2, -0.15) is 4.90 Å². The summed E-state index contributed by atoms with van der Waals surface area (Å²) in [6.45, 7) is 0. The summed E-state index contributed by atoms with van der Waals surface area (Å²) in [4.78, 5) is 30.5. The number of anilines is 1. The number of aliphatic hydroxyl groups excluding tert-OH is 1. The van der Waals surface area contributed by atoms with Crippen molar-refractivity contribution in [1.82, 2.24) is 0 Å². The molecule has 1 unspecified atom stereocenters. The van der Waals surface area contributed by atoms with Crippen molar-refractivity contribution in [3.05, 3.63) is 89.6 Å². The molecular weight excluding hydrogens is 396 g/mol. The van der Waals surface area contributed by atoms with Gasteiger partial charge in [-0.1, -0.05) is 42.5 Å². The number of Topliss-reactive ketones (excluding diaryl/α,β-unsaturated/α-hetero) is 1. The van der Waals surface area contributed by atoms with Crippen molar-refractivity contribution in [2.45, 2.75) is 6.04 Å². The number of carbonyl (C=O) groups is 2. The maximum absolute atomic E-state index is 13.1. The Hall–Kier alpha value is -4.13. The smallest absolute Gasteiger partial charge is 0.382 e. The standard InChI is InChI=1S/C24H20N2O5/c1-30-17-12-11-16(14-18(17)31-2)21-20(22(27)15-8-4-3-5-9-15)23(28)24(29)26(21)19-10-6-7-13-25-19/h3-14,21,27H,1-2H3/p+1. The Morgan fingerprint density at radius 3 is 2.29 bits per heavy atom. The SMILES string of the molecule is COc1ccc(C2C(=C(O)c3ccccc3)C(=O)C(=O)N2c2cccc[nH+]2)cc1OC. The number of aromatic amines is 1. The summed E-state index contributed by atoms with van der Waals surface area (Å²) < 4.78 is 10.7. The molecule has 31 heavy (non-hydrogen) atoms. The van der Waals surface area contributed by atoms with Gasteiger partial charge in [0.15, 0.2) is 17.5 Å². The molecule has 2 N–H and O–H groups in total. The zero-order valence-corrected chi connectivity index (χ0v) is 17.0. The first-order valence-electron chi connectivity index (χ1n) is 9.62. The van der Waals surface area contributed by atoms with Gasteiger partial charge in [-0.05, 0) is 18.2 Å². The van der Waals surface area contributed by atoms with Crippen molar-refractivity contribution in [2.24, 2.45) is 0 Å². The Morgan fingerprint density at radius 1 is 0.935 bits per heavy atom. The highest BCUT2D eigenvalue weighted by Gasteiger charge is 2.53. The van der Waals surface area contributed by atoms with E-state index in [-0.39, 0.29) is 11.3 Å². The van der Waals surface area contributed by atoms with E-state index in [2.05, 4.69) is 4.98 Å². The molecule has 1 aromatic heterocycles. The number of ether oxygens (including phenoxy) is 2. The number of nitrogens with one attached hydrogen (secondary N) is 1. The van der Waals surface area contributed by atoms with Crippen LogP contribution >= 0.6 is 0 Å². The van der Waals surface area contributed by atoms with E-state index in [1.165, 1.54) is 19.1 Å². The van der Waals surface area contributed by atoms with Crippen molar-refractivity contribution >= 4 is 23.3 Å². The van der Waals surface area contributed by atoms with Gasteiger partial charge < -0.3 is 14.6 Å². The molecule has 2 aromatic carbocycles. The number of aliphatic hydroxyl groups is 1. The number of carbonyl (C=O) groups excluding carboxylic acids is 2. The fourth-order valence-corrected chi connectivity index (χ4v) is 3.70. The molecule has 4 rings (SSSR count). The van der Waals surface area contributed by atoms with Crippen LogP contribution in [0.5, 0.6) is 11.5 Å². The summed E-state index contributed by atoms with van der Waals surface area (Å²) in [5, 5.41) is 11.0. The fraction of sp³-hybridized carbons (Fsp3) is 0.125. The third-order valence-corrected chi connectivity index (χ3v) is 5.17. The zero-order chi connectivity index (χ0) is 22.0. The first-order valence-corrected chi connectivity index (χ1v) is 9.62. The number of amides is 1. The van der Waals surface area contributed by atoms with E-state index in [0.717, 1.165) is 0 Å². The summed E-state index contributed by atoms with van der Waals surface area (Å²) in [5.41, 5.74) is 1.04. The van der Waals surface area contributed by atoms with Crippen LogP contribution in [0.3, 0.4) is 0 Å². The van der Waals surface area contributed by atoms with Crippen LogP contribution in [-0.4, -0.2) is 31.0 Å². The molecule has 2 heterocycles. The third-order valence-electron chi connectivity index (χ3n) is 5.17. The Labute approximate surface area is 179 Å². The van der Waals surface area contributed by atoms with Gasteiger partial charge in [-0.3, -0.25) is 4.79 Å². The van der Waals surface area contributed by atoms with Crippen molar-refractivity contribution in [3.8, 4) is 11.5 Å². The van der Waals surface area contributed by atoms with Crippen LogP contribution in [0.2, 0.25) is 0 Å². The quantitative estimate of drug-likeness (QED) is 0.391. The van der Waals surface area contributed by atoms with Crippen molar-refractivity contribution in [3.63, 3.8) is 0 Å². The Bertz CT molecular complexity index is 1160. The van der Waals surface area contributed by atoms with E-state index < -0.39 is 17.7 Å². The Kier molecular flexibility index (Phi) is 5.41. The van der Waals surface area contributed by atoms with Crippen molar-refractivity contribution < 1.29 is 29.2 Å². The number of pyridine rings is 1. The molecule has 1 aliphatic heterocycles. The number of hydrogen-bond acceptors (Lipinski definition) is 5. The highest BCUT2D eigenvalue weighted by atomic mass is 16.5. The summed E-state index contributed by atoms with van der Waals surface area (Å²) >= 11 is 0. The topological polar surface area (TPSA) is 90.2 Å². The second kappa shape index (κ2) is 8.31. The number of aromatic nitrogens is 1. The lowest BCUT2D eigenvalue weighted by Crippen LogP contribution is -2.33. The second-order valence-electron chi connectivity index (χ2n) is 6.90. The first-order chi connectivity index (χ1) is 15.1. The minimum Gasteiger partial charge on any atom is -0.507 e. The van der Waals surface area contributed by atoms with Gasteiger partial charge in [-0.15, -0.1) is 0 Å². The van der Waals surface area contributed by atoms with Gasteiger partial charge >= 0.3 is 5.91 Å². The second-order valence-corrected chi connectivity index (χ2v) is 6.90. The van der Waals surface area contributed by atoms with E-state index in [1.807, 2.05) is 0 Å². The normalized spacial score (nSPS) is 17.6. The van der Waals surface area contributed by atoms with Crippen LogP contribution in [-0.2, 0) is 9.59 Å². The van der Waals surface area contributed by atoms with Gasteiger partial charge in [0.25, 0.3) is 11.6 Å². The van der Waals surface area contributed by atoms with Crippen LogP contribution in [0.4, 0.5) is 5.82 Å². The monoisotopic (exact) mass is 417 g/mol. The summed E-state index contributed by atoms with van der Waals surface area (Å²) in [7, 11) is 3.03. The highest BCUT2D eigenvalue weighted by molar-refractivity contribution is 6.51. The number of methoxy groups -OCH3 is 2. The number of rotatable bonds is 5. The maximum Gasteiger partial charge on any atom is 0.382 e. The molecule has 7 nitrogen and oxygen atoms in total. The molecule has 1 saturated heterocycles. The summed E-state index contributed by atoms with van der Waals surface area (Å²) in [6, 6.07) is 18.2. The van der Waals surface area contributed by atoms with Gasteiger partial charge in [0, 0.05) is 17.2 Å². The molecule has 0 radical (unpaired) electrons. The lowest BCUT2D eigenvalue weighted by atomic mass is 9.95. The van der Waals surface area contributed by atoms with Gasteiger partial charge in [0.2, 0.25) is 0 Å². The summed E-state index contributed by atoms with van der Waals surface area (Å²) in [5.74, 6) is -0.355. The molecule has 1 amide bonds. The zero-order valence-electron chi connectivity index (χ0n) is 17.0. The molecule has 0 spiro atoms. The largest absolute Gasteiger partial charge is 0.507 e. The fourth-order valence-electron chi connectivity index (χ4n) is 3.70. The van der Waals surface area contributed by atoms with Gasteiger partial charge in [0.05, 0.1) is 26.0 Å². The van der Waals surface area contributed by atoms with E-state index in [4.69, 9.17) is 9.47 Å². The minimum atomic E-state index is -0.862. The van der Waals surface area contributed by atoms with E-state index in [0.29, 0.717) is 28.4 Å². The van der Waals surface area contributed by atoms with E-state index in [9.17, 15) is 14.7 Å². The maximum atomic E-state index is 13.1. The molecule has 1 atom stereocenters. The van der Waals surface area contributed by atoms with E-state index in [1.54, 1.807) is 72.9 Å². The third kappa shape index (κ3) is 3.50. The van der Waals surface area contributed by atoms with Gasteiger partial charge in [0.1, 0.15) is 5.76 Å². The molecule has 7 heteroatoms. The molecule has 1 aliphatic rings. The number of H-pyrrole nitrogens is 1. The molecular formula is C24H21N2O5+. The number of ketones is 1. The molecule has 156 valence electrons. The highest BCUT2D eigenvalue weighted by Crippen LogP contribution is 2.43. The minimum absolute atomic E-state index is 0.000623. The van der Waals surface area contributed by atoms with Crippen LogP contribution in [0, 0.1) is 0 Å². The lowest BCUT2D eigenvalue weighted by Gasteiger charge is -2.19. The summed E-state index contributed by atoms with van der Waals surface area (Å²) in [6.07, 6.45) is 1.66. The molecule has 1 fully saturated rings. The predicted molar refractivity (Wildman–Crippen MR) is 114 cm³/mol. The molecule has 3 aromatic rings. The van der Waals surface area contributed by atoms with E-state index >= 15 is 0 Å². The molecule has 0 saturated carbocycles. The van der Waals surface area contributed by atoms with Crippen LogP contribution in [0.1, 0.15) is 17.2 Å².